The Kier molecular flexibility index (Phi) is 8.36. The van der Waals surface area contributed by atoms with Crippen LogP contribution in [-0.4, -0.2) is 34.0 Å². The number of sulfonamides is 1. The number of carbonyl (C=O) groups excluding carboxylic acids is 1. The fourth-order valence-corrected chi connectivity index (χ4v) is 4.88. The van der Waals surface area contributed by atoms with E-state index in [0.717, 1.165) is 9.87 Å². The van der Waals surface area contributed by atoms with Crippen molar-refractivity contribution in [2.75, 3.05) is 24.0 Å². The normalized spacial score (nSPS) is 12.1. The topological polar surface area (TPSA) is 75.7 Å². The number of nitrogens with one attached hydrogen (secondary N) is 1. The summed E-state index contributed by atoms with van der Waals surface area (Å²) >= 11 is 5.94. The van der Waals surface area contributed by atoms with E-state index in [9.17, 15) is 13.2 Å². The standard InChI is InChI=1S/C25H27ClN2O4S/c1-3-32-24-12-8-7-11-23(24)28(33(30,31)22-15-13-21(26)14-16-22)18-25(29)27-17-19(2)20-9-5-4-6-10-20/h4-16,19H,3,17-18H2,1-2H3,(H,27,29). The molecule has 1 unspecified atom stereocenters. The smallest absolute Gasteiger partial charge is 0.264 e. The first-order chi connectivity index (χ1) is 15.8. The monoisotopic (exact) mass is 486 g/mol. The first-order valence-corrected chi connectivity index (χ1v) is 12.5. The van der Waals surface area contributed by atoms with Crippen LogP contribution in [0.1, 0.15) is 25.3 Å². The van der Waals surface area contributed by atoms with Crippen molar-refractivity contribution in [2.45, 2.75) is 24.7 Å². The highest BCUT2D eigenvalue weighted by atomic mass is 35.5. The zero-order valence-corrected chi connectivity index (χ0v) is 20.1. The second-order valence-corrected chi connectivity index (χ2v) is 9.78. The lowest BCUT2D eigenvalue weighted by Crippen LogP contribution is -2.42. The molecule has 0 saturated carbocycles. The number of benzene rings is 3. The molecule has 0 fully saturated rings. The molecule has 0 bridgehead atoms. The molecule has 0 aliphatic carbocycles. The third kappa shape index (κ3) is 6.27. The quantitative estimate of drug-likeness (QED) is 0.444. The molecule has 0 heterocycles. The van der Waals surface area contributed by atoms with Crippen molar-refractivity contribution < 1.29 is 17.9 Å². The molecule has 174 valence electrons. The summed E-state index contributed by atoms with van der Waals surface area (Å²) in [5.74, 6) is 0.0387. The molecular weight excluding hydrogens is 460 g/mol. The number of amides is 1. The fraction of sp³-hybridized carbons (Fsp3) is 0.240. The van der Waals surface area contributed by atoms with Gasteiger partial charge in [-0.1, -0.05) is 61.0 Å². The molecule has 1 N–H and O–H groups in total. The molecular formula is C25H27ClN2O4S. The van der Waals surface area contributed by atoms with Gasteiger partial charge in [-0.2, -0.15) is 0 Å². The highest BCUT2D eigenvalue weighted by molar-refractivity contribution is 7.92. The highest BCUT2D eigenvalue weighted by Gasteiger charge is 2.29. The number of para-hydroxylation sites is 2. The summed E-state index contributed by atoms with van der Waals surface area (Å²) in [4.78, 5) is 12.9. The molecule has 8 heteroatoms. The number of anilines is 1. The Labute approximate surface area is 200 Å². The average Bonchev–Trinajstić information content (AvgIpc) is 2.82. The minimum atomic E-state index is -4.06. The Balaban J connectivity index is 1.87. The summed E-state index contributed by atoms with van der Waals surface area (Å²) in [6.45, 7) is 4.16. The van der Waals surface area contributed by atoms with Gasteiger partial charge < -0.3 is 10.1 Å². The van der Waals surface area contributed by atoms with Gasteiger partial charge in [0.15, 0.2) is 0 Å². The summed E-state index contributed by atoms with van der Waals surface area (Å²) in [6.07, 6.45) is 0. The van der Waals surface area contributed by atoms with Gasteiger partial charge in [0.05, 0.1) is 17.2 Å². The molecule has 0 saturated heterocycles. The summed E-state index contributed by atoms with van der Waals surface area (Å²) in [6, 6.07) is 22.4. The summed E-state index contributed by atoms with van der Waals surface area (Å²) < 4.78 is 33.8. The van der Waals surface area contributed by atoms with Gasteiger partial charge >= 0.3 is 0 Å². The molecule has 1 amide bonds. The molecule has 3 rings (SSSR count). The van der Waals surface area contributed by atoms with E-state index in [0.29, 0.717) is 29.6 Å². The van der Waals surface area contributed by atoms with Gasteiger partial charge in [-0.15, -0.1) is 0 Å². The molecule has 0 aliphatic rings. The number of rotatable bonds is 10. The Bertz CT molecular complexity index is 1170. The van der Waals surface area contributed by atoms with E-state index in [4.69, 9.17) is 16.3 Å². The fourth-order valence-electron chi connectivity index (χ4n) is 3.33. The van der Waals surface area contributed by atoms with E-state index in [-0.39, 0.29) is 10.8 Å². The maximum absolute atomic E-state index is 13.5. The number of halogens is 1. The molecule has 6 nitrogen and oxygen atoms in total. The van der Waals surface area contributed by atoms with E-state index in [1.807, 2.05) is 44.2 Å². The second-order valence-electron chi connectivity index (χ2n) is 7.48. The first-order valence-electron chi connectivity index (χ1n) is 10.6. The number of carbonyl (C=O) groups is 1. The second kappa shape index (κ2) is 11.2. The maximum atomic E-state index is 13.5. The largest absolute Gasteiger partial charge is 0.492 e. The molecule has 0 aromatic heterocycles. The predicted molar refractivity (Wildman–Crippen MR) is 131 cm³/mol. The number of ether oxygens (including phenoxy) is 1. The van der Waals surface area contributed by atoms with Crippen molar-refractivity contribution in [1.82, 2.24) is 5.32 Å². The number of nitrogens with zero attached hydrogens (tertiary/aromatic N) is 1. The van der Waals surface area contributed by atoms with Gasteiger partial charge in [0.2, 0.25) is 5.91 Å². The molecule has 0 spiro atoms. The Morgan fingerprint density at radius 2 is 1.64 bits per heavy atom. The van der Waals surface area contributed by atoms with Crippen LogP contribution in [0.2, 0.25) is 5.02 Å². The van der Waals surface area contributed by atoms with E-state index in [2.05, 4.69) is 5.32 Å². The summed E-state index contributed by atoms with van der Waals surface area (Å²) in [5, 5.41) is 3.28. The third-order valence-corrected chi connectivity index (χ3v) is 7.12. The van der Waals surface area contributed by atoms with Crippen LogP contribution in [0.25, 0.3) is 0 Å². The van der Waals surface area contributed by atoms with Crippen LogP contribution in [0.5, 0.6) is 5.75 Å². The zero-order chi connectivity index (χ0) is 23.8. The molecule has 33 heavy (non-hydrogen) atoms. The number of hydrogen-bond donors (Lipinski definition) is 1. The van der Waals surface area contributed by atoms with Crippen LogP contribution in [0.4, 0.5) is 5.69 Å². The van der Waals surface area contributed by atoms with E-state index >= 15 is 0 Å². The van der Waals surface area contributed by atoms with Gasteiger partial charge in [0, 0.05) is 11.6 Å². The highest BCUT2D eigenvalue weighted by Crippen LogP contribution is 2.32. The zero-order valence-electron chi connectivity index (χ0n) is 18.6. The molecule has 0 radical (unpaired) electrons. The molecule has 1 atom stereocenters. The molecule has 3 aromatic carbocycles. The Hall–Kier alpha value is -3.03. The van der Waals surface area contributed by atoms with Crippen molar-refractivity contribution in [2.24, 2.45) is 0 Å². The average molecular weight is 487 g/mol. The lowest BCUT2D eigenvalue weighted by atomic mass is 10.0. The minimum absolute atomic E-state index is 0.0312. The van der Waals surface area contributed by atoms with Gasteiger partial charge in [-0.05, 0) is 54.8 Å². The third-order valence-electron chi connectivity index (χ3n) is 5.10. The van der Waals surface area contributed by atoms with Crippen LogP contribution in [0.15, 0.2) is 83.8 Å². The van der Waals surface area contributed by atoms with Crippen molar-refractivity contribution in [1.29, 1.82) is 0 Å². The number of hydrogen-bond acceptors (Lipinski definition) is 4. The van der Waals surface area contributed by atoms with E-state index in [1.165, 1.54) is 24.3 Å². The van der Waals surface area contributed by atoms with Gasteiger partial charge in [0.1, 0.15) is 12.3 Å². The van der Waals surface area contributed by atoms with Crippen LogP contribution in [0.3, 0.4) is 0 Å². The first kappa shape index (κ1) is 24.6. The van der Waals surface area contributed by atoms with Crippen molar-refractivity contribution in [3.05, 3.63) is 89.4 Å². The lowest BCUT2D eigenvalue weighted by Gasteiger charge is -2.26. The predicted octanol–water partition coefficient (Wildman–Crippen LogP) is 4.85. The maximum Gasteiger partial charge on any atom is 0.264 e. The van der Waals surface area contributed by atoms with Gasteiger partial charge in [0.25, 0.3) is 10.0 Å². The Morgan fingerprint density at radius 3 is 2.30 bits per heavy atom. The van der Waals surface area contributed by atoms with Gasteiger partial charge in [-0.25, -0.2) is 8.42 Å². The minimum Gasteiger partial charge on any atom is -0.492 e. The van der Waals surface area contributed by atoms with E-state index in [1.54, 1.807) is 24.3 Å². The van der Waals surface area contributed by atoms with Crippen LogP contribution < -0.4 is 14.4 Å². The van der Waals surface area contributed by atoms with Crippen LogP contribution >= 0.6 is 11.6 Å². The van der Waals surface area contributed by atoms with Crippen molar-refractivity contribution in [3.63, 3.8) is 0 Å². The van der Waals surface area contributed by atoms with Crippen LogP contribution in [-0.2, 0) is 14.8 Å². The molecule has 0 aliphatic heterocycles. The van der Waals surface area contributed by atoms with Crippen LogP contribution in [0, 0.1) is 0 Å². The van der Waals surface area contributed by atoms with Crippen molar-refractivity contribution >= 4 is 33.2 Å². The Morgan fingerprint density at radius 1 is 1.00 bits per heavy atom. The van der Waals surface area contributed by atoms with E-state index < -0.39 is 22.5 Å². The van der Waals surface area contributed by atoms with Crippen molar-refractivity contribution in [3.8, 4) is 5.75 Å². The lowest BCUT2D eigenvalue weighted by molar-refractivity contribution is -0.119. The summed E-state index contributed by atoms with van der Waals surface area (Å²) in [5.41, 5.74) is 1.38. The summed E-state index contributed by atoms with van der Waals surface area (Å²) in [7, 11) is -4.06. The van der Waals surface area contributed by atoms with Gasteiger partial charge in [-0.3, -0.25) is 9.10 Å². The SMILES string of the molecule is CCOc1ccccc1N(CC(=O)NCC(C)c1ccccc1)S(=O)(=O)c1ccc(Cl)cc1. The molecule has 3 aromatic rings.